The quantitative estimate of drug-likeness (QED) is 0.934. The average molecular weight is 314 g/mol. The summed E-state index contributed by atoms with van der Waals surface area (Å²) in [4.78, 5) is 12.6. The van der Waals surface area contributed by atoms with E-state index < -0.39 is 0 Å². The molecule has 0 atom stereocenters. The van der Waals surface area contributed by atoms with Gasteiger partial charge in [0.15, 0.2) is 10.3 Å². The number of hydrogen-bond acceptors (Lipinski definition) is 4. The lowest BCUT2D eigenvalue weighted by molar-refractivity contribution is -0.114. The summed E-state index contributed by atoms with van der Waals surface area (Å²) >= 11 is 13.1. The molecule has 0 spiro atoms. The number of halogens is 2. The molecule has 0 unspecified atom stereocenters. The second-order valence-corrected chi connectivity index (χ2v) is 5.49. The molecule has 0 aliphatic carbocycles. The van der Waals surface area contributed by atoms with E-state index in [2.05, 4.69) is 15.5 Å². The summed E-state index contributed by atoms with van der Waals surface area (Å²) in [5.41, 5.74) is 0.744. The van der Waals surface area contributed by atoms with E-state index in [9.17, 15) is 4.79 Å². The Hall–Kier alpha value is -1.30. The molecule has 0 bridgehead atoms. The van der Waals surface area contributed by atoms with E-state index >= 15 is 0 Å². The van der Waals surface area contributed by atoms with Gasteiger partial charge in [0.2, 0.25) is 5.91 Å². The van der Waals surface area contributed by atoms with Crippen molar-refractivity contribution in [3.8, 4) is 0 Å². The Bertz CT molecular complexity index is 604. The van der Waals surface area contributed by atoms with Gasteiger partial charge in [0.25, 0.3) is 0 Å². The van der Waals surface area contributed by atoms with Crippen LogP contribution in [-0.4, -0.2) is 16.1 Å². The van der Waals surface area contributed by atoms with E-state index in [0.717, 1.165) is 15.5 Å². The minimum Gasteiger partial charge on any atom is -0.326 e. The van der Waals surface area contributed by atoms with Gasteiger partial charge in [-0.2, -0.15) is 0 Å². The summed E-state index contributed by atoms with van der Waals surface area (Å²) < 4.78 is 0. The summed E-state index contributed by atoms with van der Waals surface area (Å²) in [6, 6.07) is 9.03. The molecule has 7 heteroatoms. The molecule has 1 N–H and O–H groups in total. The third-order valence-electron chi connectivity index (χ3n) is 2.09. The number of hydrogen-bond donors (Lipinski definition) is 1. The van der Waals surface area contributed by atoms with Gasteiger partial charge in [0, 0.05) is 17.5 Å². The van der Waals surface area contributed by atoms with Gasteiger partial charge in [-0.1, -0.05) is 35.0 Å². The first kappa shape index (κ1) is 14.1. The van der Waals surface area contributed by atoms with E-state index in [1.807, 2.05) is 24.3 Å². The van der Waals surface area contributed by atoms with E-state index in [4.69, 9.17) is 23.2 Å². The molecule has 1 aromatic heterocycles. The maximum absolute atomic E-state index is 10.9. The zero-order valence-corrected chi connectivity index (χ0v) is 12.2. The van der Waals surface area contributed by atoms with Crippen LogP contribution in [0.25, 0.3) is 0 Å². The van der Waals surface area contributed by atoms with E-state index in [-0.39, 0.29) is 5.91 Å². The summed E-state index contributed by atoms with van der Waals surface area (Å²) in [6.07, 6.45) is 0. The molecule has 1 amide bonds. The SMILES string of the molecule is CC(=O)Nc1ccc(Sc2cc(Cl)nnc2Cl)cc1. The number of benzene rings is 1. The lowest BCUT2D eigenvalue weighted by Crippen LogP contribution is -2.05. The van der Waals surface area contributed by atoms with E-state index in [1.165, 1.54) is 18.7 Å². The Morgan fingerprint density at radius 3 is 2.53 bits per heavy atom. The van der Waals surface area contributed by atoms with Crippen LogP contribution in [0.3, 0.4) is 0 Å². The van der Waals surface area contributed by atoms with Crippen molar-refractivity contribution in [2.45, 2.75) is 16.7 Å². The highest BCUT2D eigenvalue weighted by atomic mass is 35.5. The number of amides is 1. The van der Waals surface area contributed by atoms with Crippen molar-refractivity contribution in [1.29, 1.82) is 0 Å². The summed E-state index contributed by atoms with van der Waals surface area (Å²) in [5.74, 6) is -0.103. The Morgan fingerprint density at radius 2 is 1.89 bits per heavy atom. The number of aromatic nitrogens is 2. The first-order chi connectivity index (χ1) is 9.04. The van der Waals surface area contributed by atoms with Gasteiger partial charge < -0.3 is 5.32 Å². The number of nitrogens with one attached hydrogen (secondary N) is 1. The van der Waals surface area contributed by atoms with E-state index in [0.29, 0.717) is 10.3 Å². The van der Waals surface area contributed by atoms with Crippen molar-refractivity contribution < 1.29 is 4.79 Å². The van der Waals surface area contributed by atoms with Crippen LogP contribution in [-0.2, 0) is 4.79 Å². The predicted molar refractivity (Wildman–Crippen MR) is 76.9 cm³/mol. The monoisotopic (exact) mass is 313 g/mol. The molecule has 98 valence electrons. The largest absolute Gasteiger partial charge is 0.326 e. The number of nitrogens with zero attached hydrogens (tertiary/aromatic N) is 2. The zero-order valence-electron chi connectivity index (χ0n) is 9.85. The van der Waals surface area contributed by atoms with Crippen LogP contribution >= 0.6 is 35.0 Å². The lowest BCUT2D eigenvalue weighted by Gasteiger charge is -2.05. The second kappa shape index (κ2) is 6.23. The number of carbonyl (C=O) groups is 1. The van der Waals surface area contributed by atoms with Gasteiger partial charge in [-0.15, -0.1) is 10.2 Å². The normalized spacial score (nSPS) is 10.3. The zero-order chi connectivity index (χ0) is 13.8. The number of rotatable bonds is 3. The maximum atomic E-state index is 10.9. The van der Waals surface area contributed by atoms with Gasteiger partial charge >= 0.3 is 0 Å². The summed E-state index contributed by atoms with van der Waals surface area (Å²) in [5, 5.41) is 10.7. The molecule has 0 aliphatic heterocycles. The highest BCUT2D eigenvalue weighted by Crippen LogP contribution is 2.33. The lowest BCUT2D eigenvalue weighted by atomic mass is 10.3. The van der Waals surface area contributed by atoms with E-state index in [1.54, 1.807) is 6.07 Å². The van der Waals surface area contributed by atoms with Crippen molar-refractivity contribution in [2.24, 2.45) is 0 Å². The molecule has 0 saturated carbocycles. The topological polar surface area (TPSA) is 54.9 Å². The highest BCUT2D eigenvalue weighted by Gasteiger charge is 2.06. The van der Waals surface area contributed by atoms with Gasteiger partial charge in [0.1, 0.15) is 0 Å². The number of anilines is 1. The maximum Gasteiger partial charge on any atom is 0.221 e. The highest BCUT2D eigenvalue weighted by molar-refractivity contribution is 7.99. The average Bonchev–Trinajstić information content (AvgIpc) is 2.35. The van der Waals surface area contributed by atoms with Crippen molar-refractivity contribution in [3.05, 3.63) is 40.6 Å². The minimum absolute atomic E-state index is 0.103. The summed E-state index contributed by atoms with van der Waals surface area (Å²) in [6.45, 7) is 1.47. The molecule has 2 rings (SSSR count). The van der Waals surface area contributed by atoms with Crippen molar-refractivity contribution in [2.75, 3.05) is 5.32 Å². The van der Waals surface area contributed by atoms with Crippen molar-refractivity contribution >= 4 is 46.6 Å². The van der Waals surface area contributed by atoms with Crippen LogP contribution in [0.2, 0.25) is 10.3 Å². The first-order valence-corrected chi connectivity index (χ1v) is 6.86. The van der Waals surface area contributed by atoms with Crippen molar-refractivity contribution in [3.63, 3.8) is 0 Å². The fourth-order valence-corrected chi connectivity index (χ4v) is 2.59. The third-order valence-corrected chi connectivity index (χ3v) is 3.70. The second-order valence-electron chi connectivity index (χ2n) is 3.63. The molecular weight excluding hydrogens is 305 g/mol. The molecular formula is C12H9Cl2N3OS. The molecule has 0 radical (unpaired) electrons. The molecule has 1 heterocycles. The van der Waals surface area contributed by atoms with Gasteiger partial charge in [-0.05, 0) is 30.3 Å². The third kappa shape index (κ3) is 4.09. The molecule has 19 heavy (non-hydrogen) atoms. The summed E-state index contributed by atoms with van der Waals surface area (Å²) in [7, 11) is 0. The molecule has 0 fully saturated rings. The first-order valence-electron chi connectivity index (χ1n) is 5.29. The molecule has 0 saturated heterocycles. The Balaban J connectivity index is 2.15. The van der Waals surface area contributed by atoms with Crippen molar-refractivity contribution in [1.82, 2.24) is 10.2 Å². The Kier molecular flexibility index (Phi) is 4.63. The van der Waals surface area contributed by atoms with Crippen LogP contribution in [0, 0.1) is 0 Å². The molecule has 0 aliphatic rings. The van der Waals surface area contributed by atoms with Crippen LogP contribution in [0.15, 0.2) is 40.1 Å². The van der Waals surface area contributed by atoms with Crippen LogP contribution in [0.5, 0.6) is 0 Å². The smallest absolute Gasteiger partial charge is 0.221 e. The molecule has 4 nitrogen and oxygen atoms in total. The fraction of sp³-hybridized carbons (Fsp3) is 0.0833. The van der Waals surface area contributed by atoms with Crippen LogP contribution in [0.1, 0.15) is 6.92 Å². The molecule has 2 aromatic rings. The van der Waals surface area contributed by atoms with Gasteiger partial charge in [-0.25, -0.2) is 0 Å². The Morgan fingerprint density at radius 1 is 1.21 bits per heavy atom. The van der Waals surface area contributed by atoms with Crippen LogP contribution in [0.4, 0.5) is 5.69 Å². The van der Waals surface area contributed by atoms with Gasteiger partial charge in [0.05, 0.1) is 4.90 Å². The standard InChI is InChI=1S/C12H9Cl2N3OS/c1-7(18)15-8-2-4-9(5-3-8)19-10-6-11(13)16-17-12(10)14/h2-6H,1H3,(H,15,18). The minimum atomic E-state index is -0.103. The molecule has 1 aromatic carbocycles. The van der Waals surface area contributed by atoms with Gasteiger partial charge in [-0.3, -0.25) is 4.79 Å². The number of carbonyl (C=O) groups excluding carboxylic acids is 1. The van der Waals surface area contributed by atoms with Crippen LogP contribution < -0.4 is 5.32 Å². The predicted octanol–water partition coefficient (Wildman–Crippen LogP) is 3.89. The fourth-order valence-electron chi connectivity index (χ4n) is 1.35. The Labute approximate surface area is 124 Å².